The van der Waals surface area contributed by atoms with Crippen LogP contribution in [0.5, 0.6) is 5.75 Å². The van der Waals surface area contributed by atoms with Crippen molar-refractivity contribution in [2.24, 2.45) is 5.73 Å². The number of nitrogens with two attached hydrogens (primary N) is 1. The van der Waals surface area contributed by atoms with Gasteiger partial charge in [0.25, 0.3) is 0 Å². The van der Waals surface area contributed by atoms with Crippen LogP contribution >= 0.6 is 0 Å². The highest BCUT2D eigenvalue weighted by molar-refractivity contribution is 5.99. The highest BCUT2D eigenvalue weighted by Gasteiger charge is 2.29. The van der Waals surface area contributed by atoms with Gasteiger partial charge in [0.05, 0.1) is 19.4 Å². The number of fused-ring (bicyclic) bond motifs is 1. The average molecular weight is 264 g/mol. The number of benzene rings is 1. The fraction of sp³-hybridized carbons (Fsp3) is 0.500. The van der Waals surface area contributed by atoms with Crippen molar-refractivity contribution in [2.75, 3.05) is 32.3 Å². The Morgan fingerprint density at radius 1 is 1.47 bits per heavy atom. The van der Waals surface area contributed by atoms with Gasteiger partial charge in [-0.1, -0.05) is 12.1 Å². The number of hydrogen-bond acceptors (Lipinski definition) is 4. The van der Waals surface area contributed by atoms with Gasteiger partial charge in [-0.25, -0.2) is 0 Å². The number of aryl methyl sites for hydroxylation is 1. The van der Waals surface area contributed by atoms with Crippen molar-refractivity contribution in [3.63, 3.8) is 0 Å². The maximum absolute atomic E-state index is 12.4. The molecular formula is C14H20N2O3. The van der Waals surface area contributed by atoms with E-state index in [1.54, 1.807) is 12.0 Å². The Labute approximate surface area is 113 Å². The molecule has 0 saturated heterocycles. The second kappa shape index (κ2) is 6.04. The molecule has 1 aromatic rings. The summed E-state index contributed by atoms with van der Waals surface area (Å²) in [5, 5.41) is 0. The first-order valence-electron chi connectivity index (χ1n) is 6.40. The summed E-state index contributed by atoms with van der Waals surface area (Å²) in [5.74, 6) is 0.600. The number of ether oxygens (including phenoxy) is 2. The number of hydrogen-bond donors (Lipinski definition) is 1. The average Bonchev–Trinajstić information content (AvgIpc) is 2.45. The molecular weight excluding hydrogens is 244 g/mol. The third kappa shape index (κ3) is 2.72. The molecule has 5 heteroatoms. The fourth-order valence-electron chi connectivity index (χ4n) is 2.45. The van der Waals surface area contributed by atoms with Gasteiger partial charge in [-0.2, -0.15) is 0 Å². The maximum Gasteiger partial charge on any atom is 0.246 e. The van der Waals surface area contributed by atoms with Crippen LogP contribution in [-0.4, -0.2) is 39.3 Å². The number of para-hydroxylation sites is 1. The van der Waals surface area contributed by atoms with E-state index in [4.69, 9.17) is 15.2 Å². The minimum absolute atomic E-state index is 0.118. The van der Waals surface area contributed by atoms with Crippen molar-refractivity contribution in [1.82, 2.24) is 0 Å². The molecule has 0 fully saturated rings. The van der Waals surface area contributed by atoms with Gasteiger partial charge in [0.1, 0.15) is 11.8 Å². The number of rotatable bonds is 4. The molecule has 0 saturated carbocycles. The number of methoxy groups -OCH3 is 2. The third-order valence-corrected chi connectivity index (χ3v) is 3.33. The molecule has 0 spiro atoms. The Morgan fingerprint density at radius 3 is 2.95 bits per heavy atom. The largest absolute Gasteiger partial charge is 0.495 e. The van der Waals surface area contributed by atoms with Gasteiger partial charge < -0.3 is 20.1 Å². The van der Waals surface area contributed by atoms with Gasteiger partial charge >= 0.3 is 0 Å². The zero-order chi connectivity index (χ0) is 13.8. The van der Waals surface area contributed by atoms with Gasteiger partial charge in [0.15, 0.2) is 0 Å². The molecule has 1 amide bonds. The molecule has 2 rings (SSSR count). The van der Waals surface area contributed by atoms with E-state index in [9.17, 15) is 4.79 Å². The molecule has 1 aromatic carbocycles. The highest BCUT2D eigenvalue weighted by atomic mass is 16.5. The summed E-state index contributed by atoms with van der Waals surface area (Å²) in [6.45, 7) is 0.892. The van der Waals surface area contributed by atoms with Gasteiger partial charge in [0.2, 0.25) is 5.91 Å². The Hall–Kier alpha value is -1.59. The van der Waals surface area contributed by atoms with E-state index >= 15 is 0 Å². The first-order chi connectivity index (χ1) is 9.19. The zero-order valence-corrected chi connectivity index (χ0v) is 11.4. The van der Waals surface area contributed by atoms with Gasteiger partial charge in [-0.3, -0.25) is 4.79 Å². The van der Waals surface area contributed by atoms with Crippen molar-refractivity contribution in [3.05, 3.63) is 23.8 Å². The maximum atomic E-state index is 12.4. The van der Waals surface area contributed by atoms with Gasteiger partial charge in [-0.05, 0) is 24.5 Å². The number of carbonyl (C=O) groups excluding carboxylic acids is 1. The molecule has 1 heterocycles. The molecule has 1 atom stereocenters. The molecule has 19 heavy (non-hydrogen) atoms. The quantitative estimate of drug-likeness (QED) is 0.879. The predicted octanol–water partition coefficient (Wildman–Crippen LogP) is 0.948. The normalized spacial score (nSPS) is 15.8. The predicted molar refractivity (Wildman–Crippen MR) is 73.5 cm³/mol. The summed E-state index contributed by atoms with van der Waals surface area (Å²) in [4.78, 5) is 14.1. The Morgan fingerprint density at radius 2 is 2.26 bits per heavy atom. The van der Waals surface area contributed by atoms with Crippen LogP contribution in [0.4, 0.5) is 5.69 Å². The van der Waals surface area contributed by atoms with Crippen LogP contribution in [0.3, 0.4) is 0 Å². The first-order valence-corrected chi connectivity index (χ1v) is 6.40. The zero-order valence-electron chi connectivity index (χ0n) is 11.4. The second-order valence-corrected chi connectivity index (χ2v) is 4.62. The summed E-state index contributed by atoms with van der Waals surface area (Å²) in [7, 11) is 3.15. The standard InChI is InChI=1S/C14H20N2O3/c1-18-9-11(15)14(17)16-8-4-6-10-5-3-7-12(19-2)13(10)16/h3,5,7,11H,4,6,8-9,15H2,1-2H3. The van der Waals surface area contributed by atoms with Crippen LogP contribution < -0.4 is 15.4 Å². The molecule has 0 bridgehead atoms. The summed E-state index contributed by atoms with van der Waals surface area (Å²) >= 11 is 0. The Bertz CT molecular complexity index is 448. The van der Waals surface area contributed by atoms with Crippen molar-refractivity contribution in [1.29, 1.82) is 0 Å². The lowest BCUT2D eigenvalue weighted by Gasteiger charge is -2.32. The highest BCUT2D eigenvalue weighted by Crippen LogP contribution is 2.36. The Balaban J connectivity index is 2.33. The second-order valence-electron chi connectivity index (χ2n) is 4.62. The first kappa shape index (κ1) is 13.8. The van der Waals surface area contributed by atoms with E-state index < -0.39 is 6.04 Å². The topological polar surface area (TPSA) is 64.8 Å². The molecule has 5 nitrogen and oxygen atoms in total. The van der Waals surface area contributed by atoms with Crippen molar-refractivity contribution >= 4 is 11.6 Å². The van der Waals surface area contributed by atoms with Crippen LogP contribution in [0.1, 0.15) is 12.0 Å². The molecule has 0 aromatic heterocycles. The monoisotopic (exact) mass is 264 g/mol. The molecule has 0 radical (unpaired) electrons. The van der Waals surface area contributed by atoms with Crippen molar-refractivity contribution < 1.29 is 14.3 Å². The fourth-order valence-corrected chi connectivity index (χ4v) is 2.45. The van der Waals surface area contributed by atoms with Gasteiger partial charge in [-0.15, -0.1) is 0 Å². The third-order valence-electron chi connectivity index (χ3n) is 3.33. The number of amides is 1. The number of carbonyl (C=O) groups is 1. The molecule has 1 aliphatic rings. The minimum atomic E-state index is -0.638. The van der Waals surface area contributed by atoms with Gasteiger partial charge in [0, 0.05) is 13.7 Å². The number of nitrogens with zero attached hydrogens (tertiary/aromatic N) is 1. The van der Waals surface area contributed by atoms with Crippen LogP contribution in [0.15, 0.2) is 18.2 Å². The van der Waals surface area contributed by atoms with Crippen LogP contribution in [0.2, 0.25) is 0 Å². The molecule has 104 valence electrons. The van der Waals surface area contributed by atoms with E-state index in [0.29, 0.717) is 6.54 Å². The molecule has 1 unspecified atom stereocenters. The van der Waals surface area contributed by atoms with Crippen LogP contribution in [-0.2, 0) is 16.0 Å². The lowest BCUT2D eigenvalue weighted by Crippen LogP contribution is -2.48. The van der Waals surface area contributed by atoms with E-state index in [1.165, 1.54) is 7.11 Å². The Kier molecular flexibility index (Phi) is 4.39. The smallest absolute Gasteiger partial charge is 0.246 e. The lowest BCUT2D eigenvalue weighted by atomic mass is 10.00. The molecule has 2 N–H and O–H groups in total. The van der Waals surface area contributed by atoms with E-state index in [0.717, 1.165) is 29.8 Å². The van der Waals surface area contributed by atoms with E-state index in [2.05, 4.69) is 0 Å². The lowest BCUT2D eigenvalue weighted by molar-refractivity contribution is -0.121. The number of anilines is 1. The summed E-state index contributed by atoms with van der Waals surface area (Å²) in [5.41, 5.74) is 7.83. The summed E-state index contributed by atoms with van der Waals surface area (Å²) < 4.78 is 10.3. The minimum Gasteiger partial charge on any atom is -0.495 e. The summed E-state index contributed by atoms with van der Waals surface area (Å²) in [6, 6.07) is 5.20. The van der Waals surface area contributed by atoms with E-state index in [-0.39, 0.29) is 12.5 Å². The van der Waals surface area contributed by atoms with Crippen molar-refractivity contribution in [3.8, 4) is 5.75 Å². The van der Waals surface area contributed by atoms with Crippen LogP contribution in [0, 0.1) is 0 Å². The van der Waals surface area contributed by atoms with Crippen molar-refractivity contribution in [2.45, 2.75) is 18.9 Å². The molecule has 0 aliphatic carbocycles. The molecule has 1 aliphatic heterocycles. The van der Waals surface area contributed by atoms with E-state index in [1.807, 2.05) is 18.2 Å². The SMILES string of the molecule is COCC(N)C(=O)N1CCCc2cccc(OC)c21. The van der Waals surface area contributed by atoms with Crippen LogP contribution in [0.25, 0.3) is 0 Å². The summed E-state index contributed by atoms with van der Waals surface area (Å²) in [6.07, 6.45) is 1.89.